The molecule has 3 aromatic rings. The first-order chi connectivity index (χ1) is 14.6. The fraction of sp³-hybridized carbons (Fsp3) is 0.250. The molecule has 2 atom stereocenters. The monoisotopic (exact) mass is 406 g/mol. The maximum Gasteiger partial charge on any atom is 0.257 e. The van der Waals surface area contributed by atoms with E-state index in [9.17, 15) is 14.0 Å². The molecule has 5 nitrogen and oxygen atoms in total. The largest absolute Gasteiger partial charge is 0.467 e. The Morgan fingerprint density at radius 3 is 2.50 bits per heavy atom. The Labute approximate surface area is 174 Å². The van der Waals surface area contributed by atoms with Gasteiger partial charge in [-0.3, -0.25) is 9.59 Å². The van der Waals surface area contributed by atoms with Crippen molar-refractivity contribution < 1.29 is 18.4 Å². The number of piperidine rings is 1. The number of amides is 2. The molecular weight excluding hydrogens is 383 g/mol. The number of furan rings is 1. The van der Waals surface area contributed by atoms with Crippen molar-refractivity contribution in [1.82, 2.24) is 10.2 Å². The minimum absolute atomic E-state index is 0.0232. The van der Waals surface area contributed by atoms with Crippen LogP contribution < -0.4 is 5.32 Å². The van der Waals surface area contributed by atoms with Crippen molar-refractivity contribution in [3.8, 4) is 0 Å². The maximum atomic E-state index is 14.3. The zero-order valence-corrected chi connectivity index (χ0v) is 16.5. The molecule has 2 amide bonds. The summed E-state index contributed by atoms with van der Waals surface area (Å²) >= 11 is 0. The Morgan fingerprint density at radius 2 is 1.77 bits per heavy atom. The molecular formula is C24H23FN2O3. The summed E-state index contributed by atoms with van der Waals surface area (Å²) in [7, 11) is 0. The van der Waals surface area contributed by atoms with E-state index < -0.39 is 11.7 Å². The number of nitrogens with zero attached hydrogens (tertiary/aromatic N) is 1. The zero-order chi connectivity index (χ0) is 20.9. The second kappa shape index (κ2) is 8.95. The van der Waals surface area contributed by atoms with Gasteiger partial charge in [-0.15, -0.1) is 0 Å². The molecule has 0 unspecified atom stereocenters. The van der Waals surface area contributed by atoms with E-state index in [4.69, 9.17) is 4.42 Å². The number of nitrogens with one attached hydrogen (secondary N) is 1. The molecule has 0 saturated carbocycles. The molecule has 2 aromatic carbocycles. The van der Waals surface area contributed by atoms with Gasteiger partial charge in [-0.2, -0.15) is 0 Å². The van der Waals surface area contributed by atoms with Gasteiger partial charge in [0.2, 0.25) is 5.91 Å². The standard InChI is InChI=1S/C24H23FN2O3/c25-21-11-5-4-10-20(21)24(29)27-16-18(23(28)26-15-19-9-6-14-30-19)12-13-22(27)17-7-2-1-3-8-17/h1-11,14,18,22H,12-13,15-16H2,(H,26,28)/t18-,22-/m0/s1. The van der Waals surface area contributed by atoms with E-state index in [0.717, 1.165) is 5.56 Å². The van der Waals surface area contributed by atoms with Crippen molar-refractivity contribution in [2.24, 2.45) is 5.92 Å². The van der Waals surface area contributed by atoms with Crippen molar-refractivity contribution in [1.29, 1.82) is 0 Å². The fourth-order valence-corrected chi connectivity index (χ4v) is 3.95. The smallest absolute Gasteiger partial charge is 0.257 e. The lowest BCUT2D eigenvalue weighted by molar-refractivity contribution is -0.127. The van der Waals surface area contributed by atoms with Crippen LogP contribution >= 0.6 is 0 Å². The summed E-state index contributed by atoms with van der Waals surface area (Å²) in [5.41, 5.74) is 1.01. The Balaban J connectivity index is 1.55. The van der Waals surface area contributed by atoms with E-state index in [1.807, 2.05) is 30.3 Å². The third-order valence-corrected chi connectivity index (χ3v) is 5.52. The van der Waals surface area contributed by atoms with Crippen LogP contribution in [-0.4, -0.2) is 23.3 Å². The molecule has 4 rings (SSSR count). The van der Waals surface area contributed by atoms with Crippen LogP contribution in [0.3, 0.4) is 0 Å². The minimum atomic E-state index is -0.557. The highest BCUT2D eigenvalue weighted by Crippen LogP contribution is 2.35. The third kappa shape index (κ3) is 4.27. The lowest BCUT2D eigenvalue weighted by Crippen LogP contribution is -2.47. The van der Waals surface area contributed by atoms with Crippen molar-refractivity contribution in [2.45, 2.75) is 25.4 Å². The van der Waals surface area contributed by atoms with Crippen LogP contribution in [-0.2, 0) is 11.3 Å². The molecule has 154 valence electrons. The van der Waals surface area contributed by atoms with E-state index in [-0.39, 0.29) is 30.0 Å². The van der Waals surface area contributed by atoms with Crippen molar-refractivity contribution >= 4 is 11.8 Å². The van der Waals surface area contributed by atoms with Crippen molar-refractivity contribution in [3.63, 3.8) is 0 Å². The summed E-state index contributed by atoms with van der Waals surface area (Å²) in [6.45, 7) is 0.530. The molecule has 1 N–H and O–H groups in total. The predicted octanol–water partition coefficient (Wildman–Crippen LogP) is 4.33. The van der Waals surface area contributed by atoms with Crippen LogP contribution in [0.25, 0.3) is 0 Å². The van der Waals surface area contributed by atoms with E-state index >= 15 is 0 Å². The molecule has 1 aromatic heterocycles. The SMILES string of the molecule is O=C(NCc1ccco1)[C@H]1CC[C@@H](c2ccccc2)N(C(=O)c2ccccc2F)C1. The summed E-state index contributed by atoms with van der Waals surface area (Å²) in [6, 6.07) is 19.0. The Morgan fingerprint density at radius 1 is 1.00 bits per heavy atom. The molecule has 0 radical (unpaired) electrons. The lowest BCUT2D eigenvalue weighted by Gasteiger charge is -2.39. The molecule has 2 heterocycles. The van der Waals surface area contributed by atoms with Crippen LogP contribution in [0.1, 0.15) is 40.6 Å². The van der Waals surface area contributed by atoms with Gasteiger partial charge >= 0.3 is 0 Å². The zero-order valence-electron chi connectivity index (χ0n) is 16.5. The van der Waals surface area contributed by atoms with Crippen LogP contribution in [0.4, 0.5) is 4.39 Å². The highest BCUT2D eigenvalue weighted by atomic mass is 19.1. The van der Waals surface area contributed by atoms with E-state index in [1.54, 1.807) is 35.4 Å². The number of hydrogen-bond acceptors (Lipinski definition) is 3. The van der Waals surface area contributed by atoms with Crippen LogP contribution in [0, 0.1) is 11.7 Å². The average Bonchev–Trinajstić information content (AvgIpc) is 3.31. The summed E-state index contributed by atoms with van der Waals surface area (Å²) < 4.78 is 19.6. The fourth-order valence-electron chi connectivity index (χ4n) is 3.95. The number of hydrogen-bond donors (Lipinski definition) is 1. The van der Waals surface area contributed by atoms with Gasteiger partial charge in [-0.25, -0.2) is 4.39 Å². The summed E-state index contributed by atoms with van der Waals surface area (Å²) in [6.07, 6.45) is 2.83. The predicted molar refractivity (Wildman–Crippen MR) is 110 cm³/mol. The van der Waals surface area contributed by atoms with Gasteiger partial charge in [0, 0.05) is 6.54 Å². The molecule has 1 aliphatic heterocycles. The summed E-state index contributed by atoms with van der Waals surface area (Å²) in [5.74, 6) is -0.787. The van der Waals surface area contributed by atoms with Gasteiger partial charge in [0.1, 0.15) is 11.6 Å². The van der Waals surface area contributed by atoms with Gasteiger partial charge in [0.25, 0.3) is 5.91 Å². The first-order valence-corrected chi connectivity index (χ1v) is 10.0. The molecule has 0 aliphatic carbocycles. The van der Waals surface area contributed by atoms with Crippen LogP contribution in [0.15, 0.2) is 77.4 Å². The number of halogens is 1. The molecule has 0 spiro atoms. The maximum absolute atomic E-state index is 14.3. The number of rotatable bonds is 5. The number of carbonyl (C=O) groups excluding carboxylic acids is 2. The van der Waals surface area contributed by atoms with E-state index in [0.29, 0.717) is 25.1 Å². The normalized spacial score (nSPS) is 18.8. The molecule has 30 heavy (non-hydrogen) atoms. The first-order valence-electron chi connectivity index (χ1n) is 10.0. The highest BCUT2D eigenvalue weighted by molar-refractivity contribution is 5.95. The molecule has 6 heteroatoms. The van der Waals surface area contributed by atoms with Gasteiger partial charge in [-0.1, -0.05) is 42.5 Å². The second-order valence-electron chi connectivity index (χ2n) is 7.44. The number of likely N-dealkylation sites (tertiary alicyclic amines) is 1. The van der Waals surface area contributed by atoms with E-state index in [2.05, 4.69) is 5.32 Å². The Kier molecular flexibility index (Phi) is 5.93. The van der Waals surface area contributed by atoms with Crippen LogP contribution in [0.2, 0.25) is 0 Å². The van der Waals surface area contributed by atoms with Gasteiger partial charge < -0.3 is 14.6 Å². The lowest BCUT2D eigenvalue weighted by atomic mass is 9.87. The number of benzene rings is 2. The van der Waals surface area contributed by atoms with Crippen molar-refractivity contribution in [2.75, 3.05) is 6.54 Å². The third-order valence-electron chi connectivity index (χ3n) is 5.52. The molecule has 1 saturated heterocycles. The molecule has 1 fully saturated rings. The average molecular weight is 406 g/mol. The number of carbonyl (C=O) groups is 2. The van der Waals surface area contributed by atoms with Crippen molar-refractivity contribution in [3.05, 3.63) is 95.7 Å². The second-order valence-corrected chi connectivity index (χ2v) is 7.44. The summed E-state index contributed by atoms with van der Waals surface area (Å²) in [4.78, 5) is 27.6. The van der Waals surface area contributed by atoms with Gasteiger partial charge in [0.05, 0.1) is 30.3 Å². The Bertz CT molecular complexity index is 1000. The first kappa shape index (κ1) is 19.9. The topological polar surface area (TPSA) is 62.6 Å². The summed E-state index contributed by atoms with van der Waals surface area (Å²) in [5, 5.41) is 2.88. The van der Waals surface area contributed by atoms with Crippen LogP contribution in [0.5, 0.6) is 0 Å². The highest BCUT2D eigenvalue weighted by Gasteiger charge is 2.36. The molecule has 1 aliphatic rings. The van der Waals surface area contributed by atoms with E-state index in [1.165, 1.54) is 12.1 Å². The minimum Gasteiger partial charge on any atom is -0.467 e. The van der Waals surface area contributed by atoms with Gasteiger partial charge in [0.15, 0.2) is 0 Å². The Hall–Kier alpha value is -3.41. The quantitative estimate of drug-likeness (QED) is 0.686. The van der Waals surface area contributed by atoms with Gasteiger partial charge in [-0.05, 0) is 42.7 Å². The molecule has 0 bridgehead atoms.